The number of aromatic nitrogens is 2. The predicted molar refractivity (Wildman–Crippen MR) is 159 cm³/mol. The molecule has 2 aromatic heterocycles. The van der Waals surface area contributed by atoms with E-state index < -0.39 is 15.4 Å². The molecule has 3 aliphatic rings. The van der Waals surface area contributed by atoms with Gasteiger partial charge in [-0.3, -0.25) is 4.79 Å². The van der Waals surface area contributed by atoms with Crippen molar-refractivity contribution in [3.63, 3.8) is 0 Å². The monoisotopic (exact) mass is 591 g/mol. The molecule has 0 bridgehead atoms. The van der Waals surface area contributed by atoms with Gasteiger partial charge in [0.15, 0.2) is 9.84 Å². The van der Waals surface area contributed by atoms with E-state index in [0.29, 0.717) is 31.8 Å². The highest BCUT2D eigenvalue weighted by atomic mass is 32.2. The molecule has 1 aliphatic heterocycles. The third-order valence-corrected chi connectivity index (χ3v) is 11.2. The Bertz CT molecular complexity index is 1560. The second-order valence-corrected chi connectivity index (χ2v) is 14.5. The predicted octanol–water partition coefficient (Wildman–Crippen LogP) is 4.56. The summed E-state index contributed by atoms with van der Waals surface area (Å²) in [7, 11) is -1.37. The van der Waals surface area contributed by atoms with E-state index in [-0.39, 0.29) is 29.2 Å². The van der Waals surface area contributed by atoms with E-state index >= 15 is 0 Å². The molecule has 1 N–H and O–H groups in total. The topological polar surface area (TPSA) is 125 Å². The maximum Gasteiger partial charge on any atom is 0.225 e. The van der Waals surface area contributed by atoms with E-state index in [4.69, 9.17) is 9.72 Å². The highest BCUT2D eigenvalue weighted by molar-refractivity contribution is 7.91. The number of methoxy groups -OCH3 is 1. The van der Waals surface area contributed by atoms with Crippen LogP contribution >= 0.6 is 11.3 Å². The number of hydrogen-bond acceptors (Lipinski definition) is 9. The lowest BCUT2D eigenvalue weighted by atomic mass is 9.76. The molecule has 3 heterocycles. The number of nitrogens with one attached hydrogen (secondary N) is 1. The number of carbonyl (C=O) groups is 1. The van der Waals surface area contributed by atoms with E-state index in [0.717, 1.165) is 58.1 Å². The summed E-state index contributed by atoms with van der Waals surface area (Å²) in [4.78, 5) is 26.1. The van der Waals surface area contributed by atoms with E-state index in [1.807, 2.05) is 24.3 Å². The lowest BCUT2D eigenvalue weighted by Crippen LogP contribution is -2.42. The molecule has 2 aliphatic carbocycles. The molecule has 11 heteroatoms. The molecule has 2 atom stereocenters. The summed E-state index contributed by atoms with van der Waals surface area (Å²) in [6, 6.07) is 14.3. The van der Waals surface area contributed by atoms with Crippen molar-refractivity contribution >= 4 is 32.8 Å². The summed E-state index contributed by atoms with van der Waals surface area (Å²) in [5.41, 5.74) is 3.11. The minimum atomic E-state index is -2.95. The van der Waals surface area contributed by atoms with Crippen LogP contribution in [0.25, 0.3) is 21.0 Å². The molecular formula is C30H33N5O4S2. The first-order chi connectivity index (χ1) is 19.8. The molecular weight excluding hydrogens is 558 g/mol. The molecule has 1 saturated heterocycles. The van der Waals surface area contributed by atoms with Gasteiger partial charge in [0, 0.05) is 48.4 Å². The van der Waals surface area contributed by atoms with Gasteiger partial charge in [-0.15, -0.1) is 11.3 Å². The third kappa shape index (κ3) is 5.81. The van der Waals surface area contributed by atoms with Crippen molar-refractivity contribution in [3.8, 4) is 33.0 Å². The van der Waals surface area contributed by atoms with Gasteiger partial charge in [0.25, 0.3) is 0 Å². The van der Waals surface area contributed by atoms with E-state index in [2.05, 4.69) is 33.4 Å². The zero-order valence-corrected chi connectivity index (χ0v) is 24.6. The quantitative estimate of drug-likeness (QED) is 0.424. The van der Waals surface area contributed by atoms with Crippen LogP contribution in [0, 0.1) is 17.2 Å². The van der Waals surface area contributed by atoms with Gasteiger partial charge in [-0.1, -0.05) is 25.0 Å². The van der Waals surface area contributed by atoms with Gasteiger partial charge < -0.3 is 15.0 Å². The minimum Gasteiger partial charge on any atom is -0.481 e. The number of benzene rings is 1. The highest BCUT2D eigenvalue weighted by Crippen LogP contribution is 2.46. The fourth-order valence-electron chi connectivity index (χ4n) is 5.83. The number of ether oxygens (including phenoxy) is 1. The Hall–Kier alpha value is -3.49. The molecule has 1 amide bonds. The number of thiazole rings is 1. The molecule has 3 aromatic rings. The zero-order chi connectivity index (χ0) is 28.6. The second-order valence-electron chi connectivity index (χ2n) is 11.2. The maximum absolute atomic E-state index is 13.5. The van der Waals surface area contributed by atoms with Crippen molar-refractivity contribution in [1.82, 2.24) is 15.3 Å². The van der Waals surface area contributed by atoms with Crippen molar-refractivity contribution < 1.29 is 17.9 Å². The molecule has 41 heavy (non-hydrogen) atoms. The summed E-state index contributed by atoms with van der Waals surface area (Å²) in [5.74, 6) is 0.526. The number of sulfone groups is 1. The molecule has 1 aromatic carbocycles. The van der Waals surface area contributed by atoms with E-state index in [1.165, 1.54) is 0 Å². The van der Waals surface area contributed by atoms with Crippen molar-refractivity contribution in [2.45, 2.75) is 50.0 Å². The van der Waals surface area contributed by atoms with Gasteiger partial charge in [0.2, 0.25) is 11.8 Å². The molecule has 0 unspecified atom stereocenters. The van der Waals surface area contributed by atoms with Gasteiger partial charge in [0.1, 0.15) is 10.5 Å². The van der Waals surface area contributed by atoms with Crippen LogP contribution < -0.4 is 15.0 Å². The number of amides is 1. The van der Waals surface area contributed by atoms with Crippen LogP contribution in [0.2, 0.25) is 0 Å². The van der Waals surface area contributed by atoms with Crippen molar-refractivity contribution in [1.29, 1.82) is 5.26 Å². The molecule has 0 spiro atoms. The van der Waals surface area contributed by atoms with E-state index in [1.54, 1.807) is 24.6 Å². The van der Waals surface area contributed by atoms with Gasteiger partial charge in [-0.2, -0.15) is 5.26 Å². The van der Waals surface area contributed by atoms with Crippen LogP contribution in [0.4, 0.5) is 5.69 Å². The van der Waals surface area contributed by atoms with Gasteiger partial charge >= 0.3 is 0 Å². The van der Waals surface area contributed by atoms with Crippen LogP contribution in [0.3, 0.4) is 0 Å². The van der Waals surface area contributed by atoms with Crippen LogP contribution in [0.5, 0.6) is 5.88 Å². The van der Waals surface area contributed by atoms with Gasteiger partial charge in [0.05, 0.1) is 35.3 Å². The fourth-order valence-corrected chi connectivity index (χ4v) is 8.16. The minimum absolute atomic E-state index is 0.0456. The first kappa shape index (κ1) is 27.7. The number of nitriles is 1. The van der Waals surface area contributed by atoms with E-state index in [9.17, 15) is 18.5 Å². The van der Waals surface area contributed by atoms with Crippen LogP contribution in [-0.4, -0.2) is 61.5 Å². The first-order valence-corrected chi connectivity index (χ1v) is 16.7. The Kier molecular flexibility index (Phi) is 7.47. The molecule has 214 valence electrons. The summed E-state index contributed by atoms with van der Waals surface area (Å²) in [6.45, 7) is 0.982. The molecule has 9 nitrogen and oxygen atoms in total. The van der Waals surface area contributed by atoms with Gasteiger partial charge in [-0.05, 0) is 49.4 Å². The number of rotatable bonds is 7. The molecule has 3 fully saturated rings. The van der Waals surface area contributed by atoms with Crippen LogP contribution in [-0.2, 0) is 14.6 Å². The number of anilines is 1. The Morgan fingerprint density at radius 3 is 2.44 bits per heavy atom. The fraction of sp³-hybridized carbons (Fsp3) is 0.467. The lowest BCUT2D eigenvalue weighted by Gasteiger charge is -2.31. The van der Waals surface area contributed by atoms with Crippen LogP contribution in [0.15, 0.2) is 42.6 Å². The summed E-state index contributed by atoms with van der Waals surface area (Å²) < 4.78 is 29.0. The lowest BCUT2D eigenvalue weighted by molar-refractivity contribution is -0.127. The molecule has 0 radical (unpaired) electrons. The standard InChI is InChI=1S/C30H33N5O4S2/c1-39-25-11-8-21(18-32-25)29-33-26(23-4-2-3-5-24(23)28(36)34-30(19-31)12-13-30)27(40-29)20-6-9-22(10-7-20)35-14-16-41(37,38)17-15-35/h6-11,18,23-24H,2-5,12-17H2,1H3,(H,34,36)/t23-,24-/m1/s1. The summed E-state index contributed by atoms with van der Waals surface area (Å²) in [6.07, 6.45) is 6.79. The summed E-state index contributed by atoms with van der Waals surface area (Å²) in [5, 5.41) is 13.4. The number of nitrogens with zero attached hydrogens (tertiary/aromatic N) is 4. The third-order valence-electron chi connectivity index (χ3n) is 8.47. The maximum atomic E-state index is 13.5. The number of carbonyl (C=O) groups excluding carboxylic acids is 1. The average molecular weight is 592 g/mol. The largest absolute Gasteiger partial charge is 0.481 e. The van der Waals surface area contributed by atoms with Crippen molar-refractivity contribution in [2.75, 3.05) is 36.6 Å². The number of pyridine rings is 1. The Balaban J connectivity index is 1.35. The smallest absolute Gasteiger partial charge is 0.225 e. The summed E-state index contributed by atoms with van der Waals surface area (Å²) >= 11 is 1.59. The molecule has 2 saturated carbocycles. The normalized spacial score (nSPS) is 22.9. The first-order valence-electron chi connectivity index (χ1n) is 14.1. The zero-order valence-electron chi connectivity index (χ0n) is 23.0. The molecule has 6 rings (SSSR count). The van der Waals surface area contributed by atoms with Gasteiger partial charge in [-0.25, -0.2) is 18.4 Å². The van der Waals surface area contributed by atoms with Crippen molar-refractivity contribution in [3.05, 3.63) is 48.3 Å². The Labute approximate surface area is 244 Å². The number of hydrogen-bond donors (Lipinski definition) is 1. The highest BCUT2D eigenvalue weighted by Gasteiger charge is 2.47. The SMILES string of the molecule is COc1ccc(-c2nc([C@@H]3CCCC[C@H]3C(=O)NC3(C#N)CC3)c(-c3ccc(N4CCS(=O)(=O)CC4)cc3)s2)cn1. The Morgan fingerprint density at radius 1 is 1.10 bits per heavy atom. The second kappa shape index (κ2) is 11.1. The Morgan fingerprint density at radius 2 is 1.80 bits per heavy atom. The average Bonchev–Trinajstić information content (AvgIpc) is 3.63. The van der Waals surface area contributed by atoms with Crippen LogP contribution in [0.1, 0.15) is 50.1 Å². The van der Waals surface area contributed by atoms with Crippen molar-refractivity contribution in [2.24, 2.45) is 5.92 Å².